The molecule has 2 aromatic carbocycles. The smallest absolute Gasteiger partial charge is 0.176 e. The van der Waals surface area contributed by atoms with Crippen LogP contribution in [0.2, 0.25) is 0 Å². The predicted molar refractivity (Wildman–Crippen MR) is 89.3 cm³/mol. The van der Waals surface area contributed by atoms with Gasteiger partial charge in [0, 0.05) is 5.56 Å². The van der Waals surface area contributed by atoms with Gasteiger partial charge in [-0.05, 0) is 42.9 Å². The van der Waals surface area contributed by atoms with Gasteiger partial charge < -0.3 is 4.74 Å². The third-order valence-electron chi connectivity index (χ3n) is 3.69. The largest absolute Gasteiger partial charge is 0.489 e. The Balaban J connectivity index is 1.91. The summed E-state index contributed by atoms with van der Waals surface area (Å²) in [6.07, 6.45) is 0. The molecule has 0 atom stereocenters. The molecule has 0 aromatic heterocycles. The Morgan fingerprint density at radius 3 is 2.18 bits per heavy atom. The van der Waals surface area contributed by atoms with E-state index in [1.54, 1.807) is 0 Å². The van der Waals surface area contributed by atoms with Crippen molar-refractivity contribution in [3.05, 3.63) is 65.7 Å². The normalized spacial score (nSPS) is 10.7. The molecule has 3 heteroatoms. The molecule has 3 nitrogen and oxygen atoms in total. The average molecular weight is 297 g/mol. The van der Waals surface area contributed by atoms with E-state index in [1.165, 1.54) is 0 Å². The first-order chi connectivity index (χ1) is 10.7. The number of nitrogens with zero attached hydrogens (tertiary/aromatic N) is 1. The van der Waals surface area contributed by atoms with Gasteiger partial charge in [-0.1, -0.05) is 44.2 Å². The maximum atomic E-state index is 12.2. The molecule has 0 bridgehead atoms. The van der Waals surface area contributed by atoms with E-state index >= 15 is 0 Å². The molecule has 0 N–H and O–H groups in total. The molecule has 0 heterocycles. The Labute approximate surface area is 132 Å². The number of ketones is 1. The van der Waals surface area contributed by atoms with Gasteiger partial charge in [0.15, 0.2) is 5.78 Å². The lowest BCUT2D eigenvalue weighted by molar-refractivity contribution is 0.0937. The SMILES string of the molecule is CCN(CC)CC(=O)c1ccc(OCc2ccccc2)cc1. The van der Waals surface area contributed by atoms with Gasteiger partial charge in [-0.15, -0.1) is 0 Å². The molecule has 0 unspecified atom stereocenters. The molecular formula is C19H23NO2. The summed E-state index contributed by atoms with van der Waals surface area (Å²) in [7, 11) is 0. The zero-order valence-electron chi connectivity index (χ0n) is 13.3. The highest BCUT2D eigenvalue weighted by Gasteiger charge is 2.10. The average Bonchev–Trinajstić information content (AvgIpc) is 2.59. The van der Waals surface area contributed by atoms with Crippen LogP contribution in [0.5, 0.6) is 5.75 Å². The third kappa shape index (κ3) is 4.71. The monoisotopic (exact) mass is 297 g/mol. The molecule has 116 valence electrons. The van der Waals surface area contributed by atoms with Crippen LogP contribution >= 0.6 is 0 Å². The quantitative estimate of drug-likeness (QED) is 0.694. The van der Waals surface area contributed by atoms with E-state index in [1.807, 2.05) is 54.6 Å². The van der Waals surface area contributed by atoms with E-state index in [0.29, 0.717) is 13.2 Å². The van der Waals surface area contributed by atoms with Crippen molar-refractivity contribution in [3.63, 3.8) is 0 Å². The van der Waals surface area contributed by atoms with Crippen LogP contribution in [0.1, 0.15) is 29.8 Å². The standard InChI is InChI=1S/C19H23NO2/c1-3-20(4-2)14-19(21)17-10-12-18(13-11-17)22-15-16-8-6-5-7-9-16/h5-13H,3-4,14-15H2,1-2H3. The van der Waals surface area contributed by atoms with Crippen LogP contribution in [0.25, 0.3) is 0 Å². The van der Waals surface area contributed by atoms with Gasteiger partial charge in [-0.25, -0.2) is 0 Å². The van der Waals surface area contributed by atoms with Crippen LogP contribution in [0, 0.1) is 0 Å². The van der Waals surface area contributed by atoms with Crippen LogP contribution in [-0.4, -0.2) is 30.3 Å². The first-order valence-corrected chi connectivity index (χ1v) is 7.75. The molecule has 0 radical (unpaired) electrons. The minimum absolute atomic E-state index is 0.151. The van der Waals surface area contributed by atoms with Crippen molar-refractivity contribution >= 4 is 5.78 Å². The lowest BCUT2D eigenvalue weighted by Crippen LogP contribution is -2.29. The fourth-order valence-electron chi connectivity index (χ4n) is 2.22. The molecule has 0 saturated heterocycles. The molecule has 22 heavy (non-hydrogen) atoms. The fraction of sp³-hybridized carbons (Fsp3) is 0.316. The van der Waals surface area contributed by atoms with Gasteiger partial charge in [0.1, 0.15) is 12.4 Å². The zero-order valence-corrected chi connectivity index (χ0v) is 13.3. The molecule has 0 saturated carbocycles. The van der Waals surface area contributed by atoms with Crippen molar-refractivity contribution in [2.75, 3.05) is 19.6 Å². The third-order valence-corrected chi connectivity index (χ3v) is 3.69. The van der Waals surface area contributed by atoms with E-state index in [0.717, 1.165) is 30.0 Å². The van der Waals surface area contributed by atoms with Gasteiger partial charge in [-0.2, -0.15) is 0 Å². The number of benzene rings is 2. The van der Waals surface area contributed by atoms with E-state index in [9.17, 15) is 4.79 Å². The van der Waals surface area contributed by atoms with Crippen molar-refractivity contribution < 1.29 is 9.53 Å². The number of ether oxygens (including phenoxy) is 1. The highest BCUT2D eigenvalue weighted by atomic mass is 16.5. The van der Waals surface area contributed by atoms with Crippen LogP contribution in [0.3, 0.4) is 0 Å². The number of rotatable bonds is 8. The zero-order chi connectivity index (χ0) is 15.8. The number of likely N-dealkylation sites (N-methyl/N-ethyl adjacent to an activating group) is 1. The Kier molecular flexibility index (Phi) is 6.16. The first kappa shape index (κ1) is 16.2. The molecule has 0 fully saturated rings. The molecule has 0 amide bonds. The molecule has 2 aromatic rings. The maximum absolute atomic E-state index is 12.2. The summed E-state index contributed by atoms with van der Waals surface area (Å²) in [6.45, 7) is 6.92. The molecule has 0 aliphatic rings. The van der Waals surface area contributed by atoms with Crippen molar-refractivity contribution in [1.29, 1.82) is 0 Å². The second-order valence-electron chi connectivity index (χ2n) is 5.18. The van der Waals surface area contributed by atoms with E-state index < -0.39 is 0 Å². The summed E-state index contributed by atoms with van der Waals surface area (Å²) in [4.78, 5) is 14.3. The summed E-state index contributed by atoms with van der Waals surface area (Å²) in [5, 5.41) is 0. The fourth-order valence-corrected chi connectivity index (χ4v) is 2.22. The molecular weight excluding hydrogens is 274 g/mol. The molecule has 0 spiro atoms. The lowest BCUT2D eigenvalue weighted by Gasteiger charge is -2.16. The summed E-state index contributed by atoms with van der Waals surface area (Å²) in [5.41, 5.74) is 1.86. The molecule has 0 aliphatic carbocycles. The Morgan fingerprint density at radius 1 is 0.955 bits per heavy atom. The Bertz CT molecular complexity index is 574. The topological polar surface area (TPSA) is 29.5 Å². The van der Waals surface area contributed by atoms with Crippen LogP contribution < -0.4 is 4.74 Å². The van der Waals surface area contributed by atoms with Crippen LogP contribution in [0.4, 0.5) is 0 Å². The van der Waals surface area contributed by atoms with Gasteiger partial charge in [0.05, 0.1) is 6.54 Å². The number of carbonyl (C=O) groups excluding carboxylic acids is 1. The summed E-state index contributed by atoms with van der Waals surface area (Å²) >= 11 is 0. The van der Waals surface area contributed by atoms with Gasteiger partial charge in [-0.3, -0.25) is 9.69 Å². The highest BCUT2D eigenvalue weighted by molar-refractivity contribution is 5.97. The van der Waals surface area contributed by atoms with E-state index in [2.05, 4.69) is 18.7 Å². The summed E-state index contributed by atoms with van der Waals surface area (Å²) in [6, 6.07) is 17.4. The number of carbonyl (C=O) groups is 1. The molecule has 2 rings (SSSR count). The van der Waals surface area contributed by atoms with Crippen LogP contribution in [0.15, 0.2) is 54.6 Å². The van der Waals surface area contributed by atoms with Crippen molar-refractivity contribution in [1.82, 2.24) is 4.90 Å². The van der Waals surface area contributed by atoms with Gasteiger partial charge in [0.25, 0.3) is 0 Å². The first-order valence-electron chi connectivity index (χ1n) is 7.75. The number of hydrogen-bond donors (Lipinski definition) is 0. The maximum Gasteiger partial charge on any atom is 0.176 e. The minimum atomic E-state index is 0.151. The number of hydrogen-bond acceptors (Lipinski definition) is 3. The lowest BCUT2D eigenvalue weighted by atomic mass is 10.1. The second-order valence-corrected chi connectivity index (χ2v) is 5.18. The predicted octanol–water partition coefficient (Wildman–Crippen LogP) is 3.79. The van der Waals surface area contributed by atoms with Crippen LogP contribution in [-0.2, 0) is 6.61 Å². The van der Waals surface area contributed by atoms with E-state index in [-0.39, 0.29) is 5.78 Å². The Hall–Kier alpha value is -2.13. The Morgan fingerprint density at radius 2 is 1.59 bits per heavy atom. The second kappa shape index (κ2) is 8.35. The number of Topliss-reactive ketones (excluding diaryl/α,β-unsaturated/α-hetero) is 1. The van der Waals surface area contributed by atoms with Gasteiger partial charge in [0.2, 0.25) is 0 Å². The highest BCUT2D eigenvalue weighted by Crippen LogP contribution is 2.15. The molecule has 0 aliphatic heterocycles. The summed E-state index contributed by atoms with van der Waals surface area (Å²) < 4.78 is 5.73. The van der Waals surface area contributed by atoms with Crippen molar-refractivity contribution in [2.45, 2.75) is 20.5 Å². The minimum Gasteiger partial charge on any atom is -0.489 e. The van der Waals surface area contributed by atoms with Crippen molar-refractivity contribution in [3.8, 4) is 5.75 Å². The van der Waals surface area contributed by atoms with Crippen molar-refractivity contribution in [2.24, 2.45) is 0 Å². The van der Waals surface area contributed by atoms with Gasteiger partial charge >= 0.3 is 0 Å². The summed E-state index contributed by atoms with van der Waals surface area (Å²) in [5.74, 6) is 0.932. The van der Waals surface area contributed by atoms with E-state index in [4.69, 9.17) is 4.74 Å².